The number of hydrogen-bond donors (Lipinski definition) is 0. The highest BCUT2D eigenvalue weighted by molar-refractivity contribution is 5.80. The van der Waals surface area contributed by atoms with Crippen LogP contribution in [0.2, 0.25) is 0 Å². The Hall–Kier alpha value is -2.51. The number of fused-ring (bicyclic) bond motifs is 3. The Balaban J connectivity index is 2.11. The van der Waals surface area contributed by atoms with Gasteiger partial charge in [-0.3, -0.25) is 25.0 Å². The van der Waals surface area contributed by atoms with Crippen LogP contribution in [-0.4, -0.2) is 33.2 Å². The maximum atomic E-state index is 11.8. The number of benzene rings is 1. The molecule has 0 saturated carbocycles. The van der Waals surface area contributed by atoms with Crippen LogP contribution in [0.1, 0.15) is 23.6 Å². The second kappa shape index (κ2) is 4.26. The van der Waals surface area contributed by atoms with E-state index in [1.54, 1.807) is 6.07 Å². The van der Waals surface area contributed by atoms with Crippen molar-refractivity contribution in [3.05, 3.63) is 49.6 Å². The summed E-state index contributed by atoms with van der Waals surface area (Å²) < 4.78 is 0. The molecule has 1 aromatic rings. The van der Waals surface area contributed by atoms with Crippen molar-refractivity contribution in [2.75, 3.05) is 6.54 Å². The molecule has 0 unspecified atom stereocenters. The molecule has 1 amide bonds. The molecule has 2 heterocycles. The molecule has 0 radical (unpaired) electrons. The molecule has 2 atom stereocenters. The predicted octanol–water partition coefficient (Wildman–Crippen LogP) is 1.07. The van der Waals surface area contributed by atoms with Crippen LogP contribution in [0.25, 0.3) is 0 Å². The van der Waals surface area contributed by atoms with Gasteiger partial charge >= 0.3 is 0 Å². The molecule has 0 aromatic heterocycles. The predicted molar refractivity (Wildman–Crippen MR) is 66.7 cm³/mol. The molecular weight excluding hydrogens is 266 g/mol. The molecule has 8 heteroatoms. The summed E-state index contributed by atoms with van der Waals surface area (Å²) in [4.78, 5) is 34.3. The Morgan fingerprint density at radius 3 is 2.65 bits per heavy atom. The molecule has 0 bridgehead atoms. The number of carbonyl (C=O) groups excluding carboxylic acids is 1. The van der Waals surface area contributed by atoms with Gasteiger partial charge in [-0.05, 0) is 17.5 Å². The normalized spacial score (nSPS) is 24.2. The summed E-state index contributed by atoms with van der Waals surface area (Å²) >= 11 is 0. The molecule has 1 aromatic carbocycles. The van der Waals surface area contributed by atoms with Gasteiger partial charge in [0.05, 0.1) is 11.3 Å². The summed E-state index contributed by atoms with van der Waals surface area (Å²) in [6.07, 6.45) is 0.430. The molecular formula is C12H11N3O5. The average molecular weight is 277 g/mol. The molecule has 0 spiro atoms. The van der Waals surface area contributed by atoms with E-state index in [2.05, 4.69) is 0 Å². The number of amides is 1. The van der Waals surface area contributed by atoms with Crippen molar-refractivity contribution in [1.29, 1.82) is 0 Å². The van der Waals surface area contributed by atoms with Crippen LogP contribution in [0.15, 0.2) is 18.2 Å². The van der Waals surface area contributed by atoms with Gasteiger partial charge < -0.3 is 4.90 Å². The first-order valence-electron chi connectivity index (χ1n) is 6.19. The van der Waals surface area contributed by atoms with Crippen molar-refractivity contribution < 1.29 is 14.6 Å². The van der Waals surface area contributed by atoms with Gasteiger partial charge in [0.25, 0.3) is 5.69 Å². The fourth-order valence-corrected chi connectivity index (χ4v) is 3.04. The first-order chi connectivity index (χ1) is 9.49. The second-order valence-electron chi connectivity index (χ2n) is 4.98. The van der Waals surface area contributed by atoms with Crippen LogP contribution in [0.5, 0.6) is 0 Å². The minimum Gasteiger partial charge on any atom is -0.328 e. The van der Waals surface area contributed by atoms with Gasteiger partial charge in [0.15, 0.2) is 0 Å². The van der Waals surface area contributed by atoms with E-state index in [1.807, 2.05) is 0 Å². The smallest absolute Gasteiger partial charge is 0.269 e. The third-order valence-corrected chi connectivity index (χ3v) is 3.96. The lowest BCUT2D eigenvalue weighted by atomic mass is 9.90. The summed E-state index contributed by atoms with van der Waals surface area (Å²) in [5.41, 5.74) is 1.28. The van der Waals surface area contributed by atoms with E-state index < -0.39 is 21.9 Å². The van der Waals surface area contributed by atoms with Gasteiger partial charge in [-0.25, -0.2) is 0 Å². The van der Waals surface area contributed by atoms with Gasteiger partial charge in [0.1, 0.15) is 6.04 Å². The number of nitro benzene ring substituents is 1. The summed E-state index contributed by atoms with van der Waals surface area (Å²) in [7, 11) is 0. The number of nitrogens with zero attached hydrogens (tertiary/aromatic N) is 3. The van der Waals surface area contributed by atoms with Crippen molar-refractivity contribution in [2.24, 2.45) is 0 Å². The third-order valence-electron chi connectivity index (χ3n) is 3.96. The summed E-state index contributed by atoms with van der Waals surface area (Å²) in [5, 5.41) is 22.0. The van der Waals surface area contributed by atoms with Crippen LogP contribution < -0.4 is 0 Å². The molecule has 1 fully saturated rings. The molecule has 104 valence electrons. The molecule has 20 heavy (non-hydrogen) atoms. The number of hydrogen-bond acceptors (Lipinski definition) is 5. The Morgan fingerprint density at radius 2 is 2.00 bits per heavy atom. The number of carbonyl (C=O) groups is 1. The Bertz CT molecular complexity index is 630. The summed E-state index contributed by atoms with van der Waals surface area (Å²) in [5.74, 6) is -0.256. The quantitative estimate of drug-likeness (QED) is 0.593. The molecule has 1 saturated heterocycles. The fraction of sp³-hybridized carbons (Fsp3) is 0.417. The van der Waals surface area contributed by atoms with Crippen LogP contribution in [0, 0.1) is 20.2 Å². The Morgan fingerprint density at radius 1 is 1.25 bits per heavy atom. The van der Waals surface area contributed by atoms with Crippen LogP contribution in [-0.2, 0) is 11.2 Å². The third kappa shape index (κ3) is 1.72. The van der Waals surface area contributed by atoms with Crippen molar-refractivity contribution in [3.8, 4) is 0 Å². The fourth-order valence-electron chi connectivity index (χ4n) is 3.04. The maximum absolute atomic E-state index is 11.8. The van der Waals surface area contributed by atoms with Gasteiger partial charge in [-0.1, -0.05) is 6.07 Å². The summed E-state index contributed by atoms with van der Waals surface area (Å²) in [6, 6.07) is 2.68. The highest BCUT2D eigenvalue weighted by Gasteiger charge is 2.50. The van der Waals surface area contributed by atoms with Gasteiger partial charge in [0, 0.05) is 23.6 Å². The standard InChI is InChI=1S/C12H11N3O5/c16-11-6-10(15(19)20)12-9-5-8(14(17)18)2-1-7(9)3-4-13(11)12/h1-2,5,10,12H,3-4,6H2/t10-,12+/m0/s1. The van der Waals surface area contributed by atoms with E-state index in [0.717, 1.165) is 5.56 Å². The minimum absolute atomic E-state index is 0.105. The Labute approximate surface area is 113 Å². The second-order valence-corrected chi connectivity index (χ2v) is 4.98. The molecule has 3 rings (SSSR count). The van der Waals surface area contributed by atoms with Gasteiger partial charge in [0.2, 0.25) is 11.9 Å². The largest absolute Gasteiger partial charge is 0.328 e. The lowest BCUT2D eigenvalue weighted by Crippen LogP contribution is -2.38. The van der Waals surface area contributed by atoms with Crippen molar-refractivity contribution in [3.63, 3.8) is 0 Å². The molecule has 0 aliphatic carbocycles. The first kappa shape index (κ1) is 12.5. The van der Waals surface area contributed by atoms with E-state index in [9.17, 15) is 25.0 Å². The lowest BCUT2D eigenvalue weighted by Gasteiger charge is -2.31. The van der Waals surface area contributed by atoms with Gasteiger partial charge in [-0.2, -0.15) is 0 Å². The van der Waals surface area contributed by atoms with E-state index in [1.165, 1.54) is 17.0 Å². The molecule has 2 aliphatic rings. The zero-order valence-corrected chi connectivity index (χ0v) is 10.4. The van der Waals surface area contributed by atoms with Crippen molar-refractivity contribution in [2.45, 2.75) is 24.9 Å². The Kier molecular flexibility index (Phi) is 2.66. The highest BCUT2D eigenvalue weighted by Crippen LogP contribution is 2.40. The van der Waals surface area contributed by atoms with E-state index in [-0.39, 0.29) is 18.0 Å². The maximum Gasteiger partial charge on any atom is 0.269 e. The summed E-state index contributed by atoms with van der Waals surface area (Å²) in [6.45, 7) is 0.429. The average Bonchev–Trinajstić information content (AvgIpc) is 2.76. The molecule has 0 N–H and O–H groups in total. The zero-order valence-electron chi connectivity index (χ0n) is 10.4. The van der Waals surface area contributed by atoms with Crippen LogP contribution in [0.3, 0.4) is 0 Å². The van der Waals surface area contributed by atoms with Crippen molar-refractivity contribution in [1.82, 2.24) is 4.90 Å². The lowest BCUT2D eigenvalue weighted by molar-refractivity contribution is -0.525. The van der Waals surface area contributed by atoms with E-state index in [0.29, 0.717) is 18.5 Å². The van der Waals surface area contributed by atoms with E-state index >= 15 is 0 Å². The van der Waals surface area contributed by atoms with Crippen LogP contribution in [0.4, 0.5) is 5.69 Å². The first-order valence-corrected chi connectivity index (χ1v) is 6.19. The SMILES string of the molecule is O=C1C[C@H]([N+](=O)[O-])[C@H]2c3cc([N+](=O)[O-])ccc3CCN12. The number of nitro groups is 2. The molecule has 2 aliphatic heterocycles. The van der Waals surface area contributed by atoms with Crippen LogP contribution >= 0.6 is 0 Å². The monoisotopic (exact) mass is 277 g/mol. The van der Waals surface area contributed by atoms with Gasteiger partial charge in [-0.15, -0.1) is 0 Å². The number of non-ortho nitro benzene ring substituents is 1. The highest BCUT2D eigenvalue weighted by atomic mass is 16.6. The zero-order chi connectivity index (χ0) is 14.4. The molecule has 8 nitrogen and oxygen atoms in total. The topological polar surface area (TPSA) is 107 Å². The van der Waals surface area contributed by atoms with E-state index in [4.69, 9.17) is 0 Å². The minimum atomic E-state index is -1.02. The number of rotatable bonds is 2. The van der Waals surface area contributed by atoms with Crippen molar-refractivity contribution >= 4 is 11.6 Å².